The SMILES string of the molecule is CS(=O)(=O)N(CC(=O)NCCSCc1c(Cl)cccc1Cl)c1ccc(F)c(Cl)c1. The van der Waals surface area contributed by atoms with Gasteiger partial charge in [-0.1, -0.05) is 40.9 Å². The number of halogens is 4. The Morgan fingerprint density at radius 3 is 2.38 bits per heavy atom. The predicted octanol–water partition coefficient (Wildman–Crippen LogP) is 4.60. The number of nitrogens with zero attached hydrogens (tertiary/aromatic N) is 1. The van der Waals surface area contributed by atoms with E-state index in [-0.39, 0.29) is 10.7 Å². The summed E-state index contributed by atoms with van der Waals surface area (Å²) in [5.74, 6) is -0.0110. The van der Waals surface area contributed by atoms with E-state index in [1.165, 1.54) is 17.8 Å². The van der Waals surface area contributed by atoms with Gasteiger partial charge in [-0.05, 0) is 35.9 Å². The van der Waals surface area contributed by atoms with Crippen LogP contribution >= 0.6 is 46.6 Å². The van der Waals surface area contributed by atoms with Crippen LogP contribution in [0.1, 0.15) is 5.56 Å². The van der Waals surface area contributed by atoms with Crippen LogP contribution < -0.4 is 9.62 Å². The van der Waals surface area contributed by atoms with Gasteiger partial charge in [0.1, 0.15) is 12.4 Å². The summed E-state index contributed by atoms with van der Waals surface area (Å²) >= 11 is 19.5. The molecule has 0 unspecified atom stereocenters. The van der Waals surface area contributed by atoms with Gasteiger partial charge >= 0.3 is 0 Å². The third-order valence-electron chi connectivity index (χ3n) is 3.76. The van der Waals surface area contributed by atoms with Crippen LogP contribution in [0.3, 0.4) is 0 Å². The molecule has 0 bridgehead atoms. The molecule has 0 radical (unpaired) electrons. The molecule has 0 aliphatic rings. The summed E-state index contributed by atoms with van der Waals surface area (Å²) in [5.41, 5.74) is 0.931. The molecule has 158 valence electrons. The van der Waals surface area contributed by atoms with Crippen LogP contribution in [-0.4, -0.2) is 39.4 Å². The summed E-state index contributed by atoms with van der Waals surface area (Å²) in [5, 5.41) is 3.59. The Bertz CT molecular complexity index is 970. The molecule has 2 aromatic rings. The highest BCUT2D eigenvalue weighted by Crippen LogP contribution is 2.28. The Labute approximate surface area is 188 Å². The number of amides is 1. The molecular weight excluding hydrogens is 482 g/mol. The molecular formula is C18H18Cl3FN2O3S2. The van der Waals surface area contributed by atoms with Crippen molar-refractivity contribution in [2.24, 2.45) is 0 Å². The lowest BCUT2D eigenvalue weighted by Crippen LogP contribution is -2.41. The molecule has 11 heteroatoms. The largest absolute Gasteiger partial charge is 0.354 e. The van der Waals surface area contributed by atoms with Crippen LogP contribution in [0.15, 0.2) is 36.4 Å². The van der Waals surface area contributed by atoms with Gasteiger partial charge in [0.2, 0.25) is 15.9 Å². The highest BCUT2D eigenvalue weighted by atomic mass is 35.5. The summed E-state index contributed by atoms with van der Waals surface area (Å²) in [6.07, 6.45) is 0.959. The van der Waals surface area contributed by atoms with E-state index in [2.05, 4.69) is 5.32 Å². The average molecular weight is 500 g/mol. The zero-order chi connectivity index (χ0) is 21.6. The third kappa shape index (κ3) is 7.22. The van der Waals surface area contributed by atoms with Gasteiger partial charge < -0.3 is 5.32 Å². The molecule has 0 aromatic heterocycles. The van der Waals surface area contributed by atoms with Gasteiger partial charge in [0, 0.05) is 28.1 Å². The van der Waals surface area contributed by atoms with E-state index in [4.69, 9.17) is 34.8 Å². The number of carbonyl (C=O) groups is 1. The van der Waals surface area contributed by atoms with Gasteiger partial charge in [-0.2, -0.15) is 11.8 Å². The van der Waals surface area contributed by atoms with Crippen LogP contribution in [0, 0.1) is 5.82 Å². The Morgan fingerprint density at radius 2 is 1.79 bits per heavy atom. The fraction of sp³-hybridized carbons (Fsp3) is 0.278. The number of carbonyl (C=O) groups excluding carboxylic acids is 1. The van der Waals surface area contributed by atoms with Crippen molar-refractivity contribution >= 4 is 68.2 Å². The summed E-state index contributed by atoms with van der Waals surface area (Å²) in [4.78, 5) is 12.2. The number of hydrogen-bond donors (Lipinski definition) is 1. The minimum atomic E-state index is -3.77. The van der Waals surface area contributed by atoms with Crippen LogP contribution in [0.4, 0.5) is 10.1 Å². The van der Waals surface area contributed by atoms with Crippen molar-refractivity contribution in [3.8, 4) is 0 Å². The topological polar surface area (TPSA) is 66.5 Å². The van der Waals surface area contributed by atoms with Gasteiger partial charge in [0.25, 0.3) is 0 Å². The Kier molecular flexibility index (Phi) is 8.91. The van der Waals surface area contributed by atoms with E-state index in [1.54, 1.807) is 18.2 Å². The van der Waals surface area contributed by atoms with Crippen LogP contribution in [-0.2, 0) is 20.6 Å². The molecule has 5 nitrogen and oxygen atoms in total. The minimum Gasteiger partial charge on any atom is -0.354 e. The maximum Gasteiger partial charge on any atom is 0.240 e. The first-order valence-corrected chi connectivity index (χ1v) is 12.4. The Hall–Kier alpha value is -1.19. The number of nitrogens with one attached hydrogen (secondary N) is 1. The van der Waals surface area contributed by atoms with Crippen LogP contribution in [0.5, 0.6) is 0 Å². The van der Waals surface area contributed by atoms with E-state index >= 15 is 0 Å². The zero-order valence-electron chi connectivity index (χ0n) is 15.3. The van der Waals surface area contributed by atoms with Crippen molar-refractivity contribution in [3.63, 3.8) is 0 Å². The predicted molar refractivity (Wildman–Crippen MR) is 119 cm³/mol. The van der Waals surface area contributed by atoms with Crippen molar-refractivity contribution in [1.29, 1.82) is 0 Å². The fourth-order valence-electron chi connectivity index (χ4n) is 2.33. The van der Waals surface area contributed by atoms with Gasteiger partial charge in [-0.15, -0.1) is 0 Å². The molecule has 1 N–H and O–H groups in total. The molecule has 0 aliphatic heterocycles. The first-order chi connectivity index (χ1) is 13.6. The van der Waals surface area contributed by atoms with Gasteiger partial charge in [-0.3, -0.25) is 9.10 Å². The van der Waals surface area contributed by atoms with Gasteiger partial charge in [-0.25, -0.2) is 12.8 Å². The second-order valence-corrected chi connectivity index (χ2v) is 10.2. The first kappa shape index (κ1) is 24.1. The van der Waals surface area contributed by atoms with E-state index in [0.717, 1.165) is 28.3 Å². The molecule has 0 fully saturated rings. The summed E-state index contributed by atoms with van der Waals surface area (Å²) < 4.78 is 38.3. The lowest BCUT2D eigenvalue weighted by atomic mass is 10.2. The second-order valence-electron chi connectivity index (χ2n) is 5.97. The van der Waals surface area contributed by atoms with Gasteiger partial charge in [0.15, 0.2) is 0 Å². The van der Waals surface area contributed by atoms with Gasteiger partial charge in [0.05, 0.1) is 17.0 Å². The van der Waals surface area contributed by atoms with Crippen molar-refractivity contribution in [3.05, 3.63) is 62.8 Å². The Balaban J connectivity index is 1.88. The molecule has 0 saturated heterocycles. The fourth-order valence-corrected chi connectivity index (χ4v) is 4.95. The molecule has 0 aliphatic carbocycles. The van der Waals surface area contributed by atoms with Crippen LogP contribution in [0.25, 0.3) is 0 Å². The normalized spacial score (nSPS) is 11.3. The monoisotopic (exact) mass is 498 g/mol. The number of rotatable bonds is 9. The van der Waals surface area contributed by atoms with E-state index < -0.39 is 28.3 Å². The summed E-state index contributed by atoms with van der Waals surface area (Å²) in [6, 6.07) is 8.73. The standard InChI is InChI=1S/C18H18Cl3FN2O3S2/c1-29(26,27)24(12-5-6-17(22)16(21)9-12)10-18(25)23-7-8-28-11-13-14(19)3-2-4-15(13)20/h2-6,9H,7-8,10-11H2,1H3,(H,23,25). The van der Waals surface area contributed by atoms with E-state index in [9.17, 15) is 17.6 Å². The average Bonchev–Trinajstić information content (AvgIpc) is 2.63. The van der Waals surface area contributed by atoms with E-state index in [0.29, 0.717) is 28.1 Å². The summed E-state index contributed by atoms with van der Waals surface area (Å²) in [6.45, 7) is -0.116. The molecule has 0 spiro atoms. The first-order valence-electron chi connectivity index (χ1n) is 8.29. The maximum absolute atomic E-state index is 13.3. The summed E-state index contributed by atoms with van der Waals surface area (Å²) in [7, 11) is -3.77. The molecule has 0 atom stereocenters. The molecule has 0 saturated carbocycles. The van der Waals surface area contributed by atoms with Crippen LogP contribution in [0.2, 0.25) is 15.1 Å². The highest BCUT2D eigenvalue weighted by molar-refractivity contribution is 7.98. The maximum atomic E-state index is 13.3. The van der Waals surface area contributed by atoms with Crippen molar-refractivity contribution in [2.45, 2.75) is 5.75 Å². The number of benzene rings is 2. The quantitative estimate of drug-likeness (QED) is 0.512. The van der Waals surface area contributed by atoms with Crippen molar-refractivity contribution in [1.82, 2.24) is 5.32 Å². The number of anilines is 1. The Morgan fingerprint density at radius 1 is 1.14 bits per heavy atom. The smallest absolute Gasteiger partial charge is 0.240 e. The minimum absolute atomic E-state index is 0.108. The number of sulfonamides is 1. The molecule has 1 amide bonds. The van der Waals surface area contributed by atoms with Crippen molar-refractivity contribution in [2.75, 3.05) is 29.4 Å². The zero-order valence-corrected chi connectivity index (χ0v) is 19.2. The van der Waals surface area contributed by atoms with Crippen molar-refractivity contribution < 1.29 is 17.6 Å². The molecule has 29 heavy (non-hydrogen) atoms. The highest BCUT2D eigenvalue weighted by Gasteiger charge is 2.21. The number of thioether (sulfide) groups is 1. The van der Waals surface area contributed by atoms with E-state index in [1.807, 2.05) is 0 Å². The lowest BCUT2D eigenvalue weighted by molar-refractivity contribution is -0.119. The lowest BCUT2D eigenvalue weighted by Gasteiger charge is -2.22. The molecule has 2 rings (SSSR count). The molecule has 0 heterocycles. The molecule has 2 aromatic carbocycles. The third-order valence-corrected chi connectivity index (χ3v) is 6.88. The second kappa shape index (κ2) is 10.7. The number of hydrogen-bond acceptors (Lipinski definition) is 4.